The van der Waals surface area contributed by atoms with Crippen molar-refractivity contribution in [3.63, 3.8) is 0 Å². The summed E-state index contributed by atoms with van der Waals surface area (Å²) in [6.45, 7) is 5.65. The van der Waals surface area contributed by atoms with Crippen molar-refractivity contribution in [1.82, 2.24) is 0 Å². The van der Waals surface area contributed by atoms with E-state index in [-0.39, 0.29) is 22.5 Å². The fourth-order valence-electron chi connectivity index (χ4n) is 2.66. The Morgan fingerprint density at radius 1 is 0.611 bits per heavy atom. The molecule has 0 aliphatic heterocycles. The summed E-state index contributed by atoms with van der Waals surface area (Å²) in [7, 11) is -17.3. The largest absolute Gasteiger partial charge is 0.295 e. The molecule has 0 radical (unpaired) electrons. The molecule has 2 rings (SSSR count). The van der Waals surface area contributed by atoms with Gasteiger partial charge in [0.2, 0.25) is 20.0 Å². The van der Waals surface area contributed by atoms with Crippen LogP contribution in [0.3, 0.4) is 0 Å². The first-order valence-electron chi connectivity index (χ1n) is 10.2. The highest BCUT2D eigenvalue weighted by molar-refractivity contribution is 7.93. The van der Waals surface area contributed by atoms with Gasteiger partial charge in [-0.3, -0.25) is 18.5 Å². The predicted octanol–water partition coefficient (Wildman–Crippen LogP) is 2.65. The van der Waals surface area contributed by atoms with Gasteiger partial charge in [0, 0.05) is 11.4 Å². The molecule has 0 saturated carbocycles. The fourth-order valence-corrected chi connectivity index (χ4v) is 5.46. The first-order chi connectivity index (χ1) is 16.2. The molecule has 36 heavy (non-hydrogen) atoms. The first kappa shape index (κ1) is 29.7. The second-order valence-electron chi connectivity index (χ2n) is 8.18. The van der Waals surface area contributed by atoms with Crippen molar-refractivity contribution < 1.29 is 42.8 Å². The van der Waals surface area contributed by atoms with E-state index in [9.17, 15) is 42.8 Å². The minimum absolute atomic E-state index is 0.129. The lowest BCUT2D eigenvalue weighted by Crippen LogP contribution is -2.22. The molecule has 0 unspecified atom stereocenters. The minimum Gasteiger partial charge on any atom is -0.283 e. The summed E-state index contributed by atoms with van der Waals surface area (Å²) >= 11 is 0. The van der Waals surface area contributed by atoms with Crippen LogP contribution in [0.15, 0.2) is 46.2 Å². The SMILES string of the molecule is CC(C)S(=O)(=O)Nc1ccc(/C=C/c2ccc(NS(=O)(=O)C(C)C)cc2S(=O)(=O)O)c(S(=O)(=O)O)c1. The van der Waals surface area contributed by atoms with Gasteiger partial charge in [0.15, 0.2) is 0 Å². The van der Waals surface area contributed by atoms with Crippen molar-refractivity contribution in [2.75, 3.05) is 9.44 Å². The summed E-state index contributed by atoms with van der Waals surface area (Å²) in [5, 5.41) is -1.64. The van der Waals surface area contributed by atoms with Crippen molar-refractivity contribution >= 4 is 63.8 Å². The van der Waals surface area contributed by atoms with E-state index in [1.807, 2.05) is 0 Å². The normalized spacial score (nSPS) is 13.4. The number of nitrogens with one attached hydrogen (secondary N) is 2. The average molecular weight is 583 g/mol. The summed E-state index contributed by atoms with van der Waals surface area (Å²) in [6, 6.07) is 6.61. The molecular weight excluding hydrogens is 556 g/mol. The van der Waals surface area contributed by atoms with Gasteiger partial charge in [-0.05, 0) is 63.1 Å². The molecule has 0 aliphatic carbocycles. The molecule has 0 amide bonds. The summed E-state index contributed by atoms with van der Waals surface area (Å²) in [5.74, 6) is 0. The van der Waals surface area contributed by atoms with Gasteiger partial charge in [0.1, 0.15) is 9.79 Å². The van der Waals surface area contributed by atoms with E-state index in [0.29, 0.717) is 0 Å². The van der Waals surface area contributed by atoms with E-state index in [1.165, 1.54) is 52.0 Å². The van der Waals surface area contributed by atoms with Crippen LogP contribution in [-0.4, -0.2) is 53.3 Å². The molecule has 0 fully saturated rings. The predicted molar refractivity (Wildman–Crippen MR) is 137 cm³/mol. The molecule has 0 bridgehead atoms. The van der Waals surface area contributed by atoms with Gasteiger partial charge >= 0.3 is 0 Å². The van der Waals surface area contributed by atoms with E-state index >= 15 is 0 Å². The Labute approximate surface area is 211 Å². The van der Waals surface area contributed by atoms with Crippen molar-refractivity contribution in [1.29, 1.82) is 0 Å². The maximum absolute atomic E-state index is 12.1. The van der Waals surface area contributed by atoms with Crippen LogP contribution in [0.2, 0.25) is 0 Å². The molecule has 2 aromatic carbocycles. The minimum atomic E-state index is -4.84. The summed E-state index contributed by atoms with van der Waals surface area (Å²) < 4.78 is 120. The zero-order chi connectivity index (χ0) is 27.7. The highest BCUT2D eigenvalue weighted by Gasteiger charge is 2.21. The molecule has 12 nitrogen and oxygen atoms in total. The smallest absolute Gasteiger partial charge is 0.283 e. The second kappa shape index (κ2) is 10.5. The summed E-state index contributed by atoms with van der Waals surface area (Å²) in [6.07, 6.45) is 2.23. The molecule has 0 spiro atoms. The number of benzene rings is 2. The zero-order valence-corrected chi connectivity index (χ0v) is 22.8. The Hall–Kier alpha value is -2.50. The molecule has 4 N–H and O–H groups in total. The zero-order valence-electron chi connectivity index (χ0n) is 19.6. The van der Waals surface area contributed by atoms with E-state index in [2.05, 4.69) is 9.44 Å². The van der Waals surface area contributed by atoms with Crippen molar-refractivity contribution in [2.45, 2.75) is 48.0 Å². The quantitative estimate of drug-likeness (QED) is 0.238. The molecule has 2 aromatic rings. The van der Waals surface area contributed by atoms with Gasteiger partial charge in [-0.15, -0.1) is 0 Å². The lowest BCUT2D eigenvalue weighted by Gasteiger charge is -2.13. The Balaban J connectivity index is 2.57. The topological polar surface area (TPSA) is 201 Å². The molecule has 16 heteroatoms. The first-order valence-corrected chi connectivity index (χ1v) is 16.2. The summed E-state index contributed by atoms with van der Waals surface area (Å²) in [5.41, 5.74) is -0.519. The second-order valence-corrected chi connectivity index (χ2v) is 15.4. The maximum atomic E-state index is 12.1. The molecule has 0 aromatic heterocycles. The van der Waals surface area contributed by atoms with Crippen LogP contribution in [0.25, 0.3) is 12.2 Å². The van der Waals surface area contributed by atoms with Crippen LogP contribution in [-0.2, 0) is 40.3 Å². The maximum Gasteiger partial charge on any atom is 0.295 e. The monoisotopic (exact) mass is 582 g/mol. The number of anilines is 2. The van der Waals surface area contributed by atoms with Crippen molar-refractivity contribution in [2.24, 2.45) is 0 Å². The number of hydrogen-bond donors (Lipinski definition) is 4. The van der Waals surface area contributed by atoms with Crippen LogP contribution in [0.1, 0.15) is 38.8 Å². The van der Waals surface area contributed by atoms with Crippen LogP contribution in [0.5, 0.6) is 0 Å². The molecule has 0 heterocycles. The summed E-state index contributed by atoms with van der Waals surface area (Å²) in [4.78, 5) is -1.34. The number of hydrogen-bond acceptors (Lipinski definition) is 8. The molecule has 200 valence electrons. The Morgan fingerprint density at radius 3 is 1.17 bits per heavy atom. The highest BCUT2D eigenvalue weighted by Crippen LogP contribution is 2.27. The van der Waals surface area contributed by atoms with E-state index in [4.69, 9.17) is 0 Å². The van der Waals surface area contributed by atoms with E-state index < -0.39 is 60.6 Å². The van der Waals surface area contributed by atoms with Gasteiger partial charge in [-0.1, -0.05) is 24.3 Å². The Kier molecular flexibility index (Phi) is 8.65. The third kappa shape index (κ3) is 7.50. The van der Waals surface area contributed by atoms with Crippen LogP contribution in [0, 0.1) is 0 Å². The van der Waals surface area contributed by atoms with Crippen LogP contribution < -0.4 is 9.44 Å². The molecule has 0 saturated heterocycles. The van der Waals surface area contributed by atoms with Gasteiger partial charge < -0.3 is 0 Å². The third-order valence-corrected chi connectivity index (χ3v) is 10.1. The van der Waals surface area contributed by atoms with Crippen LogP contribution >= 0.6 is 0 Å². The fraction of sp³-hybridized carbons (Fsp3) is 0.300. The van der Waals surface area contributed by atoms with Gasteiger partial charge in [-0.2, -0.15) is 16.8 Å². The van der Waals surface area contributed by atoms with E-state index in [1.54, 1.807) is 0 Å². The highest BCUT2D eigenvalue weighted by atomic mass is 32.2. The van der Waals surface area contributed by atoms with E-state index in [0.717, 1.165) is 24.3 Å². The van der Waals surface area contributed by atoms with Gasteiger partial charge in [0.25, 0.3) is 20.2 Å². The molecule has 0 aliphatic rings. The molecular formula is C20H26N2O10S4. The molecule has 0 atom stereocenters. The van der Waals surface area contributed by atoms with Crippen molar-refractivity contribution in [3.05, 3.63) is 47.5 Å². The van der Waals surface area contributed by atoms with Gasteiger partial charge in [-0.25, -0.2) is 16.8 Å². The standard InChI is InChI=1S/C20H26N2O10S4/c1-13(2)33(23,24)21-17-9-7-15(19(11-17)35(27,28)29)5-6-16-8-10-18(12-20(16)36(30,31)32)22-34(25,26)14(3)4/h5-14,21-22H,1-4H3,(H,27,28,29)(H,30,31,32)/b6-5+. The Bertz CT molecular complexity index is 1490. The Morgan fingerprint density at radius 2 is 0.917 bits per heavy atom. The third-order valence-electron chi connectivity index (χ3n) is 4.79. The lowest BCUT2D eigenvalue weighted by molar-refractivity contribution is 0.480. The number of sulfonamides is 2. The number of rotatable bonds is 10. The van der Waals surface area contributed by atoms with Gasteiger partial charge in [0.05, 0.1) is 10.5 Å². The van der Waals surface area contributed by atoms with Crippen molar-refractivity contribution in [3.8, 4) is 0 Å². The lowest BCUT2D eigenvalue weighted by atomic mass is 10.1. The average Bonchev–Trinajstić information content (AvgIpc) is 2.71. The van der Waals surface area contributed by atoms with Crippen LogP contribution in [0.4, 0.5) is 11.4 Å².